The molecular weight excluding hydrogens is 495 g/mol. The zero-order chi connectivity index (χ0) is 27.7. The van der Waals surface area contributed by atoms with Crippen LogP contribution in [0.2, 0.25) is 0 Å². The summed E-state index contributed by atoms with van der Waals surface area (Å²) >= 11 is 0. The Morgan fingerprint density at radius 3 is 1.44 bits per heavy atom. The van der Waals surface area contributed by atoms with Crippen molar-refractivity contribution < 1.29 is 9.59 Å². The Morgan fingerprint density at radius 2 is 1.05 bits per heavy atom. The maximum Gasteiger partial charge on any atom is 0.190 e. The Hall–Kier alpha value is -3.35. The third kappa shape index (κ3) is 3.80. The highest BCUT2D eigenvalue weighted by atomic mass is 31.1. The number of hydrogen-bond donors (Lipinski definition) is 0. The maximum absolute atomic E-state index is 14.4. The molecule has 0 saturated carbocycles. The van der Waals surface area contributed by atoms with E-state index in [9.17, 15) is 9.59 Å². The second kappa shape index (κ2) is 9.10. The van der Waals surface area contributed by atoms with E-state index < -0.39 is 7.92 Å². The normalized spacial score (nSPS) is 25.9. The lowest BCUT2D eigenvalue weighted by Crippen LogP contribution is -2.32. The van der Waals surface area contributed by atoms with E-state index in [2.05, 4.69) is 71.9 Å². The second-order valence-corrected chi connectivity index (χ2v) is 14.9. The van der Waals surface area contributed by atoms with Gasteiger partial charge in [0.25, 0.3) is 0 Å². The summed E-state index contributed by atoms with van der Waals surface area (Å²) in [6, 6.07) is 29.7. The molecule has 3 aliphatic rings. The van der Waals surface area contributed by atoms with Gasteiger partial charge in [-0.15, -0.1) is 0 Å². The monoisotopic (exact) mass is 530 g/mol. The van der Waals surface area contributed by atoms with Gasteiger partial charge in [-0.2, -0.15) is 0 Å². The zero-order valence-electron chi connectivity index (χ0n) is 23.6. The molecule has 3 aromatic carbocycles. The minimum absolute atomic E-state index is 0.00382. The highest BCUT2D eigenvalue weighted by Gasteiger charge is 2.68. The van der Waals surface area contributed by atoms with Crippen LogP contribution in [0.5, 0.6) is 0 Å². The van der Waals surface area contributed by atoms with Gasteiger partial charge in [0.2, 0.25) is 0 Å². The molecule has 39 heavy (non-hydrogen) atoms. The van der Waals surface area contributed by atoms with Crippen LogP contribution in [0.1, 0.15) is 67.8 Å². The molecule has 0 radical (unpaired) electrons. The van der Waals surface area contributed by atoms with E-state index in [1.165, 1.54) is 27.3 Å². The third-order valence-electron chi connectivity index (χ3n) is 8.95. The lowest BCUT2D eigenvalue weighted by Gasteiger charge is -2.36. The SMILES string of the molecule is CC1=C(C)[C@H]2C(C(=O)c3ccccc3)=C(C(=O)c3ccccc3)[C@@H]1C2(C)P1C(c2ccccc2)=C1C(C)(C)C. The summed E-state index contributed by atoms with van der Waals surface area (Å²) in [4.78, 5) is 28.7. The van der Waals surface area contributed by atoms with Crippen molar-refractivity contribution in [1.82, 2.24) is 0 Å². The molecule has 4 atom stereocenters. The third-order valence-corrected chi connectivity index (χ3v) is 12.5. The highest BCUT2D eigenvalue weighted by molar-refractivity contribution is 7.82. The second-order valence-electron chi connectivity index (χ2n) is 12.3. The first-order valence-electron chi connectivity index (χ1n) is 13.8. The molecule has 3 aromatic rings. The summed E-state index contributed by atoms with van der Waals surface area (Å²) in [5.41, 5.74) is 6.58. The topological polar surface area (TPSA) is 34.1 Å². The van der Waals surface area contributed by atoms with Gasteiger partial charge in [-0.05, 0) is 43.4 Å². The van der Waals surface area contributed by atoms with Crippen LogP contribution in [0.15, 0.2) is 119 Å². The molecule has 2 bridgehead atoms. The molecule has 0 fully saturated rings. The first-order chi connectivity index (χ1) is 18.6. The summed E-state index contributed by atoms with van der Waals surface area (Å²) in [7, 11) is -0.689. The Bertz CT molecular complexity index is 1510. The first-order valence-corrected chi connectivity index (χ1v) is 15.1. The van der Waals surface area contributed by atoms with Crippen molar-refractivity contribution in [1.29, 1.82) is 0 Å². The standard InChI is InChI=1S/C36H35O2P/c1-22-23(2)30-28(32(38)25-18-12-8-13-19-25)27(31(37)24-16-10-7-11-17-24)29(22)36(30,6)39-33(34(39)35(3,4)5)26-20-14-9-15-21-26/h7-21,29-30H,1-6H3/t29-,30+,36?,39?. The first kappa shape index (κ1) is 25.9. The van der Waals surface area contributed by atoms with Crippen LogP contribution in [0.4, 0.5) is 0 Å². The fourth-order valence-corrected chi connectivity index (χ4v) is 11.4. The number of ketones is 2. The number of rotatable bonds is 6. The Kier molecular flexibility index (Phi) is 6.05. The van der Waals surface area contributed by atoms with E-state index in [-0.39, 0.29) is 34.0 Å². The number of benzene rings is 3. The number of carbonyl (C=O) groups is 2. The summed E-state index contributed by atoms with van der Waals surface area (Å²) in [6.07, 6.45) is 0. The van der Waals surface area contributed by atoms with Crippen molar-refractivity contribution >= 4 is 24.8 Å². The minimum Gasteiger partial charge on any atom is -0.289 e. The lowest BCUT2D eigenvalue weighted by molar-refractivity contribution is 0.0993. The number of Topliss-reactive ketones (excluding diaryl/α,β-unsaturated/α-hetero) is 2. The van der Waals surface area contributed by atoms with Crippen molar-refractivity contribution in [3.05, 3.63) is 135 Å². The van der Waals surface area contributed by atoms with Gasteiger partial charge in [-0.3, -0.25) is 9.59 Å². The fourth-order valence-electron chi connectivity index (χ4n) is 7.28. The van der Waals surface area contributed by atoms with Crippen molar-refractivity contribution in [2.24, 2.45) is 17.3 Å². The molecule has 0 N–H and O–H groups in total. The van der Waals surface area contributed by atoms with Crippen molar-refractivity contribution in [2.45, 2.75) is 46.7 Å². The predicted molar refractivity (Wildman–Crippen MR) is 162 cm³/mol. The van der Waals surface area contributed by atoms with E-state index in [4.69, 9.17) is 0 Å². The van der Waals surface area contributed by atoms with E-state index in [1.54, 1.807) is 0 Å². The van der Waals surface area contributed by atoms with Crippen LogP contribution in [0.3, 0.4) is 0 Å². The van der Waals surface area contributed by atoms with Crippen LogP contribution in [0, 0.1) is 17.3 Å². The molecule has 2 aliphatic carbocycles. The Morgan fingerprint density at radius 1 is 0.667 bits per heavy atom. The van der Waals surface area contributed by atoms with Gasteiger partial charge in [0, 0.05) is 39.3 Å². The van der Waals surface area contributed by atoms with E-state index in [0.717, 1.165) is 11.1 Å². The molecule has 1 aliphatic heterocycles. The average molecular weight is 531 g/mol. The van der Waals surface area contributed by atoms with Crippen molar-refractivity contribution in [3.63, 3.8) is 0 Å². The largest absolute Gasteiger partial charge is 0.289 e. The van der Waals surface area contributed by atoms with Gasteiger partial charge in [-0.25, -0.2) is 0 Å². The number of hydrogen-bond acceptors (Lipinski definition) is 2. The molecule has 3 heteroatoms. The van der Waals surface area contributed by atoms with Gasteiger partial charge in [-0.1, -0.05) is 130 Å². The van der Waals surface area contributed by atoms with E-state index >= 15 is 0 Å². The smallest absolute Gasteiger partial charge is 0.190 e. The number of fused-ring (bicyclic) bond motifs is 2. The average Bonchev–Trinajstić information content (AvgIpc) is 3.62. The molecule has 0 spiro atoms. The molecule has 0 amide bonds. The minimum atomic E-state index is -0.689. The van der Waals surface area contributed by atoms with Crippen LogP contribution in [-0.2, 0) is 0 Å². The molecule has 196 valence electrons. The molecule has 0 aromatic heterocycles. The quantitative estimate of drug-likeness (QED) is 0.181. The maximum atomic E-state index is 14.4. The number of allylic oxidation sites excluding steroid dienone is 5. The molecule has 1 heterocycles. The lowest BCUT2D eigenvalue weighted by atomic mass is 9.81. The summed E-state index contributed by atoms with van der Waals surface area (Å²) < 4.78 is 0. The highest BCUT2D eigenvalue weighted by Crippen LogP contribution is 2.90. The molecular formula is C36H35O2P. The van der Waals surface area contributed by atoms with Crippen molar-refractivity contribution in [3.8, 4) is 0 Å². The van der Waals surface area contributed by atoms with Crippen molar-refractivity contribution in [2.75, 3.05) is 0 Å². The van der Waals surface area contributed by atoms with Gasteiger partial charge < -0.3 is 0 Å². The molecule has 0 saturated heterocycles. The summed E-state index contributed by atoms with van der Waals surface area (Å²) in [5, 5.41) is 2.72. The molecule has 6 rings (SSSR count). The van der Waals surface area contributed by atoms with E-state index in [0.29, 0.717) is 11.1 Å². The van der Waals surface area contributed by atoms with Crippen LogP contribution >= 0.6 is 7.92 Å². The van der Waals surface area contributed by atoms with Gasteiger partial charge in [0.1, 0.15) is 0 Å². The fraction of sp³-hybridized carbons (Fsp3) is 0.278. The van der Waals surface area contributed by atoms with Gasteiger partial charge in [0.15, 0.2) is 11.6 Å². The Balaban J connectivity index is 1.55. The zero-order valence-corrected chi connectivity index (χ0v) is 24.5. The number of carbonyl (C=O) groups excluding carboxylic acids is 2. The van der Waals surface area contributed by atoms with Gasteiger partial charge >= 0.3 is 0 Å². The van der Waals surface area contributed by atoms with E-state index in [1.807, 2.05) is 60.7 Å². The van der Waals surface area contributed by atoms with Crippen LogP contribution < -0.4 is 0 Å². The van der Waals surface area contributed by atoms with Crippen LogP contribution in [0.25, 0.3) is 5.31 Å². The van der Waals surface area contributed by atoms with Gasteiger partial charge in [0.05, 0.1) is 0 Å². The predicted octanol–water partition coefficient (Wildman–Crippen LogP) is 9.31. The Labute approximate surface area is 233 Å². The molecule has 2 unspecified atom stereocenters. The summed E-state index contributed by atoms with van der Waals surface area (Å²) in [5.74, 6) is -0.170. The summed E-state index contributed by atoms with van der Waals surface area (Å²) in [6.45, 7) is 13.7. The molecule has 2 nitrogen and oxygen atoms in total. The van der Waals surface area contributed by atoms with Crippen LogP contribution in [-0.4, -0.2) is 16.7 Å².